The molecule has 1 N–H and O–H groups in total. The van der Waals surface area contributed by atoms with Gasteiger partial charge in [-0.15, -0.1) is 0 Å². The number of hydrogen-bond donors (Lipinski definition) is 1. The lowest BCUT2D eigenvalue weighted by Crippen LogP contribution is -2.60. The molecule has 154 valence electrons. The Morgan fingerprint density at radius 3 is 2.80 bits per heavy atom. The van der Waals surface area contributed by atoms with Crippen LogP contribution in [0.2, 0.25) is 5.02 Å². The molecule has 0 spiro atoms. The van der Waals surface area contributed by atoms with Crippen LogP contribution in [0.4, 0.5) is 5.69 Å². The first kappa shape index (κ1) is 20.6. The average molecular weight is 442 g/mol. The largest absolute Gasteiger partial charge is 0.325 e. The topological polar surface area (TPSA) is 69.9 Å². The lowest BCUT2D eigenvalue weighted by Gasteiger charge is -2.31. The van der Waals surface area contributed by atoms with Crippen LogP contribution in [-0.4, -0.2) is 21.7 Å². The number of para-hydroxylation sites is 1. The molecule has 1 atom stereocenters. The molecule has 0 aliphatic carbocycles. The van der Waals surface area contributed by atoms with E-state index in [1.165, 1.54) is 18.7 Å². The molecule has 0 unspecified atom stereocenters. The van der Waals surface area contributed by atoms with Crippen LogP contribution in [0.15, 0.2) is 58.5 Å². The summed E-state index contributed by atoms with van der Waals surface area (Å²) in [5.41, 5.74) is 2.32. The van der Waals surface area contributed by atoms with E-state index in [2.05, 4.69) is 11.9 Å². The van der Waals surface area contributed by atoms with Gasteiger partial charge in [0.05, 0.1) is 11.3 Å². The molecule has 0 radical (unpaired) electrons. The molecule has 8 heteroatoms. The summed E-state index contributed by atoms with van der Waals surface area (Å²) in [6.45, 7) is 3.64. The molecule has 1 aliphatic rings. The van der Waals surface area contributed by atoms with Gasteiger partial charge in [-0.1, -0.05) is 61.0 Å². The maximum atomic E-state index is 13.1. The van der Waals surface area contributed by atoms with Crippen molar-refractivity contribution in [2.75, 3.05) is 10.7 Å². The van der Waals surface area contributed by atoms with Crippen molar-refractivity contribution in [2.45, 2.75) is 38.0 Å². The summed E-state index contributed by atoms with van der Waals surface area (Å²) in [4.78, 5) is 30.5. The number of hydrogen-bond acceptors (Lipinski definition) is 4. The second kappa shape index (κ2) is 8.62. The van der Waals surface area contributed by atoms with Crippen molar-refractivity contribution in [3.63, 3.8) is 0 Å². The third kappa shape index (κ3) is 3.75. The van der Waals surface area contributed by atoms with E-state index in [1.54, 1.807) is 21.7 Å². The SMILES string of the molecule is CCCCSc1n[n+]2c(c(=O)[nH]1)-c1ccccc1N(C(C)=O)[C@H]2c1cccc(Cl)c1. The van der Waals surface area contributed by atoms with Gasteiger partial charge in [-0.2, -0.15) is 0 Å². The van der Waals surface area contributed by atoms with Gasteiger partial charge in [0, 0.05) is 28.4 Å². The van der Waals surface area contributed by atoms with Crippen molar-refractivity contribution in [1.29, 1.82) is 0 Å². The second-order valence-electron chi connectivity index (χ2n) is 7.09. The number of H-pyrrole nitrogens is 1. The monoisotopic (exact) mass is 441 g/mol. The zero-order valence-electron chi connectivity index (χ0n) is 16.8. The summed E-state index contributed by atoms with van der Waals surface area (Å²) >= 11 is 7.77. The summed E-state index contributed by atoms with van der Waals surface area (Å²) in [6, 6.07) is 14.7. The number of halogens is 1. The van der Waals surface area contributed by atoms with Gasteiger partial charge in [-0.05, 0) is 35.4 Å². The quantitative estimate of drug-likeness (QED) is 0.366. The Labute approximate surface area is 183 Å². The first-order valence-electron chi connectivity index (χ1n) is 9.85. The Balaban J connectivity index is 1.98. The van der Waals surface area contributed by atoms with Crippen LogP contribution in [0.5, 0.6) is 0 Å². The highest BCUT2D eigenvalue weighted by Gasteiger charge is 2.44. The first-order valence-corrected chi connectivity index (χ1v) is 11.2. The Hall–Kier alpha value is -2.64. The molecule has 30 heavy (non-hydrogen) atoms. The molecular formula is C22H22ClN4O2S+. The molecule has 0 saturated carbocycles. The predicted molar refractivity (Wildman–Crippen MR) is 119 cm³/mol. The minimum atomic E-state index is -0.612. The molecule has 1 aromatic heterocycles. The van der Waals surface area contributed by atoms with Gasteiger partial charge in [0.15, 0.2) is 0 Å². The number of anilines is 1. The Bertz CT molecular complexity index is 1160. The Morgan fingerprint density at radius 1 is 1.27 bits per heavy atom. The fourth-order valence-corrected chi connectivity index (χ4v) is 4.79. The highest BCUT2D eigenvalue weighted by Crippen LogP contribution is 2.37. The molecule has 0 saturated heterocycles. The number of aromatic amines is 1. The van der Waals surface area contributed by atoms with E-state index in [4.69, 9.17) is 16.7 Å². The van der Waals surface area contributed by atoms with Crippen LogP contribution in [0, 0.1) is 0 Å². The summed E-state index contributed by atoms with van der Waals surface area (Å²) in [5, 5.41) is 5.84. The average Bonchev–Trinajstić information content (AvgIpc) is 2.72. The van der Waals surface area contributed by atoms with E-state index >= 15 is 0 Å². The molecule has 1 aliphatic heterocycles. The van der Waals surface area contributed by atoms with Crippen molar-refractivity contribution in [1.82, 2.24) is 10.1 Å². The minimum absolute atomic E-state index is 0.146. The molecule has 2 heterocycles. The molecule has 0 fully saturated rings. The molecule has 4 rings (SSSR count). The van der Waals surface area contributed by atoms with E-state index < -0.39 is 6.17 Å². The molecule has 1 amide bonds. The lowest BCUT2D eigenvalue weighted by molar-refractivity contribution is -0.763. The number of fused-ring (bicyclic) bond motifs is 3. The molecule has 6 nitrogen and oxygen atoms in total. The van der Waals surface area contributed by atoms with Crippen LogP contribution in [-0.2, 0) is 4.79 Å². The fraction of sp³-hybridized carbons (Fsp3) is 0.273. The van der Waals surface area contributed by atoms with Crippen molar-refractivity contribution >= 4 is 35.0 Å². The van der Waals surface area contributed by atoms with Gasteiger partial charge in [-0.3, -0.25) is 14.6 Å². The number of unbranched alkanes of at least 4 members (excludes halogenated alkanes) is 1. The third-order valence-electron chi connectivity index (χ3n) is 4.98. The molecule has 3 aromatic rings. The van der Waals surface area contributed by atoms with Crippen molar-refractivity contribution in [2.24, 2.45) is 0 Å². The summed E-state index contributed by atoms with van der Waals surface area (Å²) in [5.74, 6) is 0.709. The van der Waals surface area contributed by atoms with Crippen LogP contribution in [0.3, 0.4) is 0 Å². The van der Waals surface area contributed by atoms with Gasteiger partial charge in [0.2, 0.25) is 11.1 Å². The van der Waals surface area contributed by atoms with E-state index in [9.17, 15) is 9.59 Å². The van der Waals surface area contributed by atoms with Crippen molar-refractivity contribution in [3.05, 3.63) is 69.5 Å². The number of carbonyl (C=O) groups excluding carboxylic acids is 1. The minimum Gasteiger partial charge on any atom is -0.291 e. The van der Waals surface area contributed by atoms with Crippen LogP contribution >= 0.6 is 23.4 Å². The zero-order valence-corrected chi connectivity index (χ0v) is 18.3. The highest BCUT2D eigenvalue weighted by atomic mass is 35.5. The molecule has 2 aromatic carbocycles. The first-order chi connectivity index (χ1) is 14.5. The van der Waals surface area contributed by atoms with Crippen molar-refractivity contribution in [3.8, 4) is 11.3 Å². The number of carbonyl (C=O) groups is 1. The Morgan fingerprint density at radius 2 is 2.07 bits per heavy atom. The van der Waals surface area contributed by atoms with Gasteiger partial charge in [-0.25, -0.2) is 4.90 Å². The summed E-state index contributed by atoms with van der Waals surface area (Å²) in [6.07, 6.45) is 1.47. The maximum Gasteiger partial charge on any atom is 0.325 e. The number of aromatic nitrogens is 3. The van der Waals surface area contributed by atoms with Gasteiger partial charge >= 0.3 is 11.3 Å². The van der Waals surface area contributed by atoms with Gasteiger partial charge < -0.3 is 0 Å². The predicted octanol–water partition coefficient (Wildman–Crippen LogP) is 4.18. The summed E-state index contributed by atoms with van der Waals surface area (Å²) in [7, 11) is 0. The Kier molecular flexibility index (Phi) is 5.92. The number of benzene rings is 2. The van der Waals surface area contributed by atoms with Crippen LogP contribution in [0.25, 0.3) is 11.3 Å². The zero-order chi connectivity index (χ0) is 21.3. The smallest absolute Gasteiger partial charge is 0.291 e. The lowest BCUT2D eigenvalue weighted by atomic mass is 10.0. The standard InChI is InChI=1S/C22H21ClN4O2S/c1-3-4-12-30-22-24-20(29)19-17-10-5-6-11-18(17)26(14(2)28)21(27(19)25-22)15-8-7-9-16(23)13-15/h5-11,13,21H,3-4,12H2,1-2H3/p+1/t21-/m1/s1. The highest BCUT2D eigenvalue weighted by molar-refractivity contribution is 7.99. The molecular weight excluding hydrogens is 420 g/mol. The number of nitrogens with zero attached hydrogens (tertiary/aromatic N) is 3. The van der Waals surface area contributed by atoms with E-state index in [0.717, 1.165) is 24.2 Å². The van der Waals surface area contributed by atoms with Gasteiger partial charge in [0.25, 0.3) is 6.17 Å². The number of thioether (sulfide) groups is 1. The normalized spacial score (nSPS) is 14.9. The van der Waals surface area contributed by atoms with Crippen molar-refractivity contribution < 1.29 is 9.48 Å². The van der Waals surface area contributed by atoms with E-state index in [1.807, 2.05) is 36.4 Å². The van der Waals surface area contributed by atoms with E-state index in [-0.39, 0.29) is 11.5 Å². The fourth-order valence-electron chi connectivity index (χ4n) is 3.66. The second-order valence-corrected chi connectivity index (χ2v) is 8.61. The van der Waals surface area contributed by atoms with Gasteiger partial charge in [0.1, 0.15) is 0 Å². The van der Waals surface area contributed by atoms with Crippen LogP contribution in [0.1, 0.15) is 38.4 Å². The number of amides is 1. The van der Waals surface area contributed by atoms with Crippen LogP contribution < -0.4 is 15.1 Å². The van der Waals surface area contributed by atoms with E-state index in [0.29, 0.717) is 27.1 Å². The maximum absolute atomic E-state index is 13.1. The number of rotatable bonds is 5. The molecule has 0 bridgehead atoms. The summed E-state index contributed by atoms with van der Waals surface area (Å²) < 4.78 is 1.66. The number of nitrogens with one attached hydrogen (secondary N) is 1. The third-order valence-corrected chi connectivity index (χ3v) is 6.17.